The highest BCUT2D eigenvalue weighted by Gasteiger charge is 2.30. The molecule has 0 unspecified atom stereocenters. The normalized spacial score (nSPS) is 13.2. The van der Waals surface area contributed by atoms with Crippen LogP contribution in [-0.2, 0) is 6.18 Å². The molecule has 0 radical (unpaired) electrons. The molecule has 0 aliphatic rings. The number of nitrogens with zero attached hydrogens (tertiary/aromatic N) is 1. The summed E-state index contributed by atoms with van der Waals surface area (Å²) >= 11 is 1.27. The topological polar surface area (TPSA) is 33.1 Å². The lowest BCUT2D eigenvalue weighted by Crippen LogP contribution is -2.04. The van der Waals surface area contributed by atoms with Crippen molar-refractivity contribution in [3.05, 3.63) is 53.7 Å². The predicted octanol–water partition coefficient (Wildman–Crippen LogP) is 4.30. The first-order chi connectivity index (χ1) is 9.36. The third kappa shape index (κ3) is 3.74. The summed E-state index contributed by atoms with van der Waals surface area (Å²) in [5, 5.41) is 9.87. The summed E-state index contributed by atoms with van der Waals surface area (Å²) < 4.78 is 37.2. The molecule has 2 aromatic rings. The van der Waals surface area contributed by atoms with Crippen molar-refractivity contribution >= 4 is 11.8 Å². The molecule has 0 bridgehead atoms. The van der Waals surface area contributed by atoms with Gasteiger partial charge in [-0.25, -0.2) is 4.98 Å². The number of hydrogen-bond donors (Lipinski definition) is 1. The molecule has 20 heavy (non-hydrogen) atoms. The van der Waals surface area contributed by atoms with Gasteiger partial charge in [-0.1, -0.05) is 23.9 Å². The number of pyridine rings is 1. The predicted molar refractivity (Wildman–Crippen MR) is 70.4 cm³/mol. The van der Waals surface area contributed by atoms with Crippen molar-refractivity contribution < 1.29 is 18.3 Å². The highest BCUT2D eigenvalue weighted by atomic mass is 32.2. The van der Waals surface area contributed by atoms with Crippen molar-refractivity contribution in [1.29, 1.82) is 0 Å². The maximum Gasteiger partial charge on any atom is 0.417 e. The average molecular weight is 299 g/mol. The van der Waals surface area contributed by atoms with Gasteiger partial charge in [0.15, 0.2) is 0 Å². The molecule has 0 spiro atoms. The molecule has 6 heteroatoms. The Morgan fingerprint density at radius 2 is 1.75 bits per heavy atom. The van der Waals surface area contributed by atoms with E-state index in [1.807, 2.05) is 0 Å². The third-order valence-corrected chi connectivity index (χ3v) is 3.61. The van der Waals surface area contributed by atoms with Gasteiger partial charge >= 0.3 is 6.18 Å². The number of halogens is 3. The summed E-state index contributed by atoms with van der Waals surface area (Å²) in [5.41, 5.74) is 0.0287. The van der Waals surface area contributed by atoms with Crippen molar-refractivity contribution in [1.82, 2.24) is 4.98 Å². The molecular formula is C14H12F3NOS. The van der Waals surface area contributed by atoms with Crippen molar-refractivity contribution in [2.75, 3.05) is 0 Å². The highest BCUT2D eigenvalue weighted by Crippen LogP contribution is 2.31. The first kappa shape index (κ1) is 14.9. The zero-order valence-corrected chi connectivity index (χ0v) is 11.4. The number of aromatic nitrogens is 1. The Morgan fingerprint density at radius 1 is 1.10 bits per heavy atom. The molecule has 0 aliphatic heterocycles. The second-order valence-corrected chi connectivity index (χ2v) is 5.32. The van der Waals surface area contributed by atoms with E-state index < -0.39 is 17.8 Å². The van der Waals surface area contributed by atoms with Crippen LogP contribution >= 0.6 is 11.8 Å². The summed E-state index contributed by atoms with van der Waals surface area (Å²) in [5.74, 6) is 0. The van der Waals surface area contributed by atoms with E-state index >= 15 is 0 Å². The molecule has 1 atom stereocenters. The number of aliphatic hydroxyl groups is 1. The van der Waals surface area contributed by atoms with Crippen molar-refractivity contribution in [3.63, 3.8) is 0 Å². The second-order valence-electron chi connectivity index (χ2n) is 4.23. The van der Waals surface area contributed by atoms with Gasteiger partial charge in [-0.05, 0) is 36.8 Å². The van der Waals surface area contributed by atoms with E-state index in [0.717, 1.165) is 22.7 Å². The van der Waals surface area contributed by atoms with Crippen LogP contribution in [-0.4, -0.2) is 10.1 Å². The van der Waals surface area contributed by atoms with Gasteiger partial charge in [0, 0.05) is 11.1 Å². The third-order valence-electron chi connectivity index (χ3n) is 2.65. The number of aliphatic hydroxyl groups excluding tert-OH is 1. The molecular weight excluding hydrogens is 287 g/mol. The zero-order chi connectivity index (χ0) is 14.8. The van der Waals surface area contributed by atoms with Gasteiger partial charge in [0.05, 0.1) is 11.7 Å². The van der Waals surface area contributed by atoms with E-state index in [9.17, 15) is 18.3 Å². The minimum Gasteiger partial charge on any atom is -0.389 e. The monoisotopic (exact) mass is 299 g/mol. The lowest BCUT2D eigenvalue weighted by Gasteiger charge is -2.07. The van der Waals surface area contributed by atoms with Gasteiger partial charge in [-0.15, -0.1) is 0 Å². The standard InChI is InChI=1S/C14H12F3NOS/c1-9(19)10-2-5-12(6-3-10)20-13-7-4-11(8-18-13)14(15,16)17/h2-9,19H,1H3/t9-/m1/s1. The molecule has 0 aliphatic carbocycles. The summed E-state index contributed by atoms with van der Waals surface area (Å²) in [6.07, 6.45) is -4.08. The quantitative estimate of drug-likeness (QED) is 0.917. The van der Waals surface area contributed by atoms with Gasteiger partial charge < -0.3 is 5.11 Å². The Kier molecular flexibility index (Phi) is 4.35. The van der Waals surface area contributed by atoms with Crippen LogP contribution in [0.2, 0.25) is 0 Å². The molecule has 0 saturated carbocycles. The molecule has 106 valence electrons. The van der Waals surface area contributed by atoms with Crippen LogP contribution < -0.4 is 0 Å². The van der Waals surface area contributed by atoms with Crippen molar-refractivity contribution in [3.8, 4) is 0 Å². The van der Waals surface area contributed by atoms with E-state index in [1.165, 1.54) is 17.8 Å². The summed E-state index contributed by atoms with van der Waals surface area (Å²) in [6, 6.07) is 9.50. The Labute approximate surface area is 118 Å². The van der Waals surface area contributed by atoms with Crippen LogP contribution in [0.4, 0.5) is 13.2 Å². The largest absolute Gasteiger partial charge is 0.417 e. The van der Waals surface area contributed by atoms with E-state index in [-0.39, 0.29) is 0 Å². The van der Waals surface area contributed by atoms with E-state index in [0.29, 0.717) is 5.03 Å². The molecule has 2 rings (SSSR count). The first-order valence-corrected chi connectivity index (χ1v) is 6.67. The Hall–Kier alpha value is -1.53. The molecule has 1 aromatic heterocycles. The number of alkyl halides is 3. The second kappa shape index (κ2) is 5.85. The molecule has 0 fully saturated rings. The zero-order valence-electron chi connectivity index (χ0n) is 10.6. The number of benzene rings is 1. The fraction of sp³-hybridized carbons (Fsp3) is 0.214. The smallest absolute Gasteiger partial charge is 0.389 e. The maximum absolute atomic E-state index is 12.4. The van der Waals surface area contributed by atoms with Crippen LogP contribution in [0.15, 0.2) is 52.5 Å². The number of rotatable bonds is 3. The van der Waals surface area contributed by atoms with Gasteiger partial charge in [0.25, 0.3) is 0 Å². The first-order valence-electron chi connectivity index (χ1n) is 5.85. The fourth-order valence-corrected chi connectivity index (χ4v) is 2.30. The Balaban J connectivity index is 2.10. The summed E-state index contributed by atoms with van der Waals surface area (Å²) in [6.45, 7) is 1.67. The summed E-state index contributed by atoms with van der Waals surface area (Å²) in [7, 11) is 0. The van der Waals surface area contributed by atoms with Crippen molar-refractivity contribution in [2.45, 2.75) is 29.1 Å². The molecule has 0 amide bonds. The van der Waals surface area contributed by atoms with Crippen LogP contribution in [0, 0.1) is 0 Å². The van der Waals surface area contributed by atoms with Gasteiger partial charge in [0.2, 0.25) is 0 Å². The summed E-state index contributed by atoms with van der Waals surface area (Å²) in [4.78, 5) is 4.64. The number of hydrogen-bond acceptors (Lipinski definition) is 3. The van der Waals surface area contributed by atoms with Crippen molar-refractivity contribution in [2.24, 2.45) is 0 Å². The van der Waals surface area contributed by atoms with Gasteiger partial charge in [0.1, 0.15) is 5.03 Å². The Bertz CT molecular complexity index is 564. The molecule has 0 saturated heterocycles. The molecule has 1 aromatic carbocycles. The highest BCUT2D eigenvalue weighted by molar-refractivity contribution is 7.99. The average Bonchev–Trinajstić information content (AvgIpc) is 2.39. The van der Waals surface area contributed by atoms with Crippen LogP contribution in [0.25, 0.3) is 0 Å². The maximum atomic E-state index is 12.4. The lowest BCUT2D eigenvalue weighted by atomic mass is 10.1. The molecule has 1 heterocycles. The van der Waals surface area contributed by atoms with Crippen LogP contribution in [0.3, 0.4) is 0 Å². The van der Waals surface area contributed by atoms with E-state index in [1.54, 1.807) is 31.2 Å². The van der Waals surface area contributed by atoms with E-state index in [4.69, 9.17) is 0 Å². The molecule has 1 N–H and O–H groups in total. The van der Waals surface area contributed by atoms with Crippen LogP contribution in [0.1, 0.15) is 24.2 Å². The minimum atomic E-state index is -4.37. The van der Waals surface area contributed by atoms with Crippen LogP contribution in [0.5, 0.6) is 0 Å². The van der Waals surface area contributed by atoms with Gasteiger partial charge in [-0.3, -0.25) is 0 Å². The lowest BCUT2D eigenvalue weighted by molar-refractivity contribution is -0.137. The molecule has 2 nitrogen and oxygen atoms in total. The van der Waals surface area contributed by atoms with Gasteiger partial charge in [-0.2, -0.15) is 13.2 Å². The Morgan fingerprint density at radius 3 is 2.20 bits per heavy atom. The minimum absolute atomic E-state index is 0.489. The van der Waals surface area contributed by atoms with E-state index in [2.05, 4.69) is 4.98 Å². The fourth-order valence-electron chi connectivity index (χ4n) is 1.54. The SMILES string of the molecule is C[C@@H](O)c1ccc(Sc2ccc(C(F)(F)F)cn2)cc1.